The Morgan fingerprint density at radius 3 is 2.67 bits per heavy atom. The highest BCUT2D eigenvalue weighted by molar-refractivity contribution is 5.84. The lowest BCUT2D eigenvalue weighted by atomic mass is 9.90. The summed E-state index contributed by atoms with van der Waals surface area (Å²) in [6, 6.07) is 1.34. The molecule has 0 aromatic heterocycles. The lowest BCUT2D eigenvalue weighted by Crippen LogP contribution is -2.60. The van der Waals surface area contributed by atoms with Gasteiger partial charge in [0, 0.05) is 37.8 Å². The summed E-state index contributed by atoms with van der Waals surface area (Å²) >= 11 is 0. The van der Waals surface area contributed by atoms with E-state index in [1.165, 1.54) is 25.9 Å². The van der Waals surface area contributed by atoms with Gasteiger partial charge in [0.15, 0.2) is 0 Å². The topological polar surface area (TPSA) is 61.6 Å². The maximum atomic E-state index is 11.9. The number of piperazine rings is 1. The number of nitrogens with zero attached hydrogens (tertiary/aromatic N) is 2. The van der Waals surface area contributed by atoms with Gasteiger partial charge in [0.05, 0.1) is 5.54 Å². The summed E-state index contributed by atoms with van der Waals surface area (Å²) in [5.41, 5.74) is 5.03. The molecular formula is C16H32N4O. The lowest BCUT2D eigenvalue weighted by molar-refractivity contribution is -0.125. The van der Waals surface area contributed by atoms with Crippen LogP contribution in [-0.2, 0) is 4.79 Å². The Morgan fingerprint density at radius 1 is 1.33 bits per heavy atom. The van der Waals surface area contributed by atoms with Crippen LogP contribution in [0.3, 0.4) is 0 Å². The van der Waals surface area contributed by atoms with E-state index < -0.39 is 5.54 Å². The van der Waals surface area contributed by atoms with Crippen LogP contribution in [-0.4, -0.2) is 65.6 Å². The highest BCUT2D eigenvalue weighted by atomic mass is 16.1. The number of amides is 1. The van der Waals surface area contributed by atoms with Gasteiger partial charge in [-0.2, -0.15) is 0 Å². The van der Waals surface area contributed by atoms with Crippen LogP contribution >= 0.6 is 0 Å². The summed E-state index contributed by atoms with van der Waals surface area (Å²) in [7, 11) is 0. The van der Waals surface area contributed by atoms with Crippen molar-refractivity contribution in [3.05, 3.63) is 0 Å². The summed E-state index contributed by atoms with van der Waals surface area (Å²) < 4.78 is 0. The molecule has 0 saturated carbocycles. The number of primary amides is 1. The summed E-state index contributed by atoms with van der Waals surface area (Å²) in [4.78, 5) is 17.0. The number of rotatable bonds is 6. The average Bonchev–Trinajstić information content (AvgIpc) is 2.84. The minimum atomic E-state index is -0.625. The van der Waals surface area contributed by atoms with Gasteiger partial charge in [-0.3, -0.25) is 14.6 Å². The molecule has 0 aliphatic carbocycles. The molecule has 3 N–H and O–H groups in total. The number of carbonyl (C=O) groups excluding carboxylic acids is 1. The first-order valence-corrected chi connectivity index (χ1v) is 8.37. The molecule has 2 aliphatic heterocycles. The number of fused-ring (bicyclic) bond motifs is 1. The van der Waals surface area contributed by atoms with E-state index in [0.717, 1.165) is 25.6 Å². The minimum absolute atomic E-state index is 0.248. The van der Waals surface area contributed by atoms with Gasteiger partial charge in [-0.1, -0.05) is 0 Å². The monoisotopic (exact) mass is 296 g/mol. The second-order valence-electron chi connectivity index (χ2n) is 7.38. The number of hydrogen-bond acceptors (Lipinski definition) is 4. The van der Waals surface area contributed by atoms with E-state index in [1.54, 1.807) is 0 Å². The molecule has 2 saturated heterocycles. The Balaban J connectivity index is 1.95. The van der Waals surface area contributed by atoms with Crippen molar-refractivity contribution in [2.24, 2.45) is 5.73 Å². The van der Waals surface area contributed by atoms with Crippen LogP contribution in [0.15, 0.2) is 0 Å². The molecule has 3 atom stereocenters. The van der Waals surface area contributed by atoms with Crippen molar-refractivity contribution in [3.63, 3.8) is 0 Å². The zero-order valence-corrected chi connectivity index (χ0v) is 14.1. The maximum absolute atomic E-state index is 11.9. The Kier molecular flexibility index (Phi) is 5.28. The molecule has 0 radical (unpaired) electrons. The molecule has 2 fully saturated rings. The third-order valence-corrected chi connectivity index (χ3v) is 5.10. The second kappa shape index (κ2) is 6.63. The van der Waals surface area contributed by atoms with Gasteiger partial charge in [0.1, 0.15) is 0 Å². The lowest BCUT2D eigenvalue weighted by Gasteiger charge is -2.43. The van der Waals surface area contributed by atoms with E-state index in [0.29, 0.717) is 6.04 Å². The number of nitrogens with two attached hydrogens (primary N) is 1. The van der Waals surface area contributed by atoms with E-state index >= 15 is 0 Å². The molecule has 5 nitrogen and oxygen atoms in total. The van der Waals surface area contributed by atoms with Crippen LogP contribution in [0, 0.1) is 0 Å². The fourth-order valence-corrected chi connectivity index (χ4v) is 4.00. The molecule has 5 heteroatoms. The van der Waals surface area contributed by atoms with Crippen molar-refractivity contribution in [2.45, 2.75) is 70.6 Å². The molecule has 1 amide bonds. The van der Waals surface area contributed by atoms with Crippen molar-refractivity contribution in [1.29, 1.82) is 0 Å². The summed E-state index contributed by atoms with van der Waals surface area (Å²) in [5.74, 6) is -0.248. The Morgan fingerprint density at radius 2 is 2.05 bits per heavy atom. The molecule has 122 valence electrons. The molecule has 2 rings (SSSR count). The standard InChI is InChI=1S/C16H32N4O/c1-12(2)18-16(4,15(17)21)10-13(3)20-9-8-19-7-5-6-14(19)11-20/h12-14,18H,5-11H2,1-4H3,(H2,17,21). The zero-order valence-electron chi connectivity index (χ0n) is 14.1. The van der Waals surface area contributed by atoms with Crippen LogP contribution < -0.4 is 11.1 Å². The van der Waals surface area contributed by atoms with Crippen molar-refractivity contribution in [3.8, 4) is 0 Å². The first-order valence-electron chi connectivity index (χ1n) is 8.37. The summed E-state index contributed by atoms with van der Waals surface area (Å²) in [6.45, 7) is 13.0. The normalized spacial score (nSPS) is 28.3. The van der Waals surface area contributed by atoms with Crippen molar-refractivity contribution >= 4 is 5.91 Å². The highest BCUT2D eigenvalue weighted by Gasteiger charge is 2.37. The Bertz CT molecular complexity index is 373. The van der Waals surface area contributed by atoms with E-state index in [-0.39, 0.29) is 11.9 Å². The third kappa shape index (κ3) is 3.96. The van der Waals surface area contributed by atoms with Crippen LogP contribution in [0.2, 0.25) is 0 Å². The molecule has 0 aromatic carbocycles. The molecule has 0 spiro atoms. The van der Waals surface area contributed by atoms with E-state index in [4.69, 9.17) is 5.73 Å². The number of nitrogens with one attached hydrogen (secondary N) is 1. The van der Waals surface area contributed by atoms with Crippen LogP contribution in [0.25, 0.3) is 0 Å². The van der Waals surface area contributed by atoms with Crippen molar-refractivity contribution < 1.29 is 4.79 Å². The summed E-state index contributed by atoms with van der Waals surface area (Å²) in [5, 5.41) is 3.36. The van der Waals surface area contributed by atoms with Gasteiger partial charge in [-0.25, -0.2) is 0 Å². The fraction of sp³-hybridized carbons (Fsp3) is 0.938. The van der Waals surface area contributed by atoms with E-state index in [1.807, 2.05) is 6.92 Å². The zero-order chi connectivity index (χ0) is 15.6. The predicted octanol–water partition coefficient (Wildman–Crippen LogP) is 0.787. The first kappa shape index (κ1) is 16.7. The molecule has 0 bridgehead atoms. The van der Waals surface area contributed by atoms with Crippen LogP contribution in [0.4, 0.5) is 0 Å². The predicted molar refractivity (Wildman–Crippen MR) is 86.1 cm³/mol. The van der Waals surface area contributed by atoms with Gasteiger partial charge in [0.25, 0.3) is 0 Å². The van der Waals surface area contributed by atoms with Crippen molar-refractivity contribution in [2.75, 3.05) is 26.2 Å². The molecule has 2 aliphatic rings. The SMILES string of the molecule is CC(C)NC(C)(CC(C)N1CCN2CCCC2C1)C(N)=O. The fourth-order valence-electron chi connectivity index (χ4n) is 4.00. The number of hydrogen-bond donors (Lipinski definition) is 2. The van der Waals surface area contributed by atoms with Gasteiger partial charge in [0.2, 0.25) is 5.91 Å². The quantitative estimate of drug-likeness (QED) is 0.761. The molecule has 2 heterocycles. The van der Waals surface area contributed by atoms with E-state index in [9.17, 15) is 4.79 Å². The van der Waals surface area contributed by atoms with Crippen LogP contribution in [0.5, 0.6) is 0 Å². The molecular weight excluding hydrogens is 264 g/mol. The largest absolute Gasteiger partial charge is 0.368 e. The van der Waals surface area contributed by atoms with Gasteiger partial charge in [-0.15, -0.1) is 0 Å². The minimum Gasteiger partial charge on any atom is -0.368 e. The Labute approximate surface area is 129 Å². The molecule has 21 heavy (non-hydrogen) atoms. The molecule has 0 aromatic rings. The first-order chi connectivity index (χ1) is 9.82. The van der Waals surface area contributed by atoms with Gasteiger partial charge < -0.3 is 11.1 Å². The Hall–Kier alpha value is -0.650. The van der Waals surface area contributed by atoms with E-state index in [2.05, 4.69) is 35.9 Å². The van der Waals surface area contributed by atoms with Crippen LogP contribution in [0.1, 0.15) is 47.0 Å². The highest BCUT2D eigenvalue weighted by Crippen LogP contribution is 2.25. The smallest absolute Gasteiger partial charge is 0.237 e. The summed E-state index contributed by atoms with van der Waals surface area (Å²) in [6.07, 6.45) is 3.43. The van der Waals surface area contributed by atoms with Gasteiger partial charge in [-0.05, 0) is 53.5 Å². The van der Waals surface area contributed by atoms with Gasteiger partial charge >= 0.3 is 0 Å². The average molecular weight is 296 g/mol. The number of carbonyl (C=O) groups is 1. The van der Waals surface area contributed by atoms with Crippen molar-refractivity contribution in [1.82, 2.24) is 15.1 Å². The maximum Gasteiger partial charge on any atom is 0.237 e. The second-order valence-corrected chi connectivity index (χ2v) is 7.38. The molecule has 3 unspecified atom stereocenters. The third-order valence-electron chi connectivity index (χ3n) is 5.10.